The van der Waals surface area contributed by atoms with Gasteiger partial charge in [0.25, 0.3) is 0 Å². The van der Waals surface area contributed by atoms with Crippen molar-refractivity contribution in [3.05, 3.63) is 29.1 Å². The number of hydrogen-bond acceptors (Lipinski definition) is 3. The molecule has 11 heavy (non-hydrogen) atoms. The molecule has 0 saturated carbocycles. The zero-order valence-corrected chi connectivity index (χ0v) is 6.00. The number of rotatable bonds is 0. The summed E-state index contributed by atoms with van der Waals surface area (Å²) >= 11 is 0. The van der Waals surface area contributed by atoms with Crippen molar-refractivity contribution in [1.29, 1.82) is 10.5 Å². The van der Waals surface area contributed by atoms with Crippen LogP contribution in [-0.2, 0) is 0 Å². The second-order valence-electron chi connectivity index (χ2n) is 2.07. The Morgan fingerprint density at radius 1 is 1.27 bits per heavy atom. The van der Waals surface area contributed by atoms with Gasteiger partial charge in [0.15, 0.2) is 5.69 Å². The maximum absolute atomic E-state index is 8.51. The molecule has 0 saturated heterocycles. The zero-order chi connectivity index (χ0) is 8.27. The predicted molar refractivity (Wildman–Crippen MR) is 38.4 cm³/mol. The van der Waals surface area contributed by atoms with E-state index < -0.39 is 0 Å². The number of aryl methyl sites for hydroxylation is 1. The van der Waals surface area contributed by atoms with Crippen molar-refractivity contribution in [2.24, 2.45) is 0 Å². The minimum Gasteiger partial charge on any atom is -0.241 e. The van der Waals surface area contributed by atoms with Gasteiger partial charge in [-0.05, 0) is 19.1 Å². The van der Waals surface area contributed by atoms with E-state index in [0.717, 1.165) is 5.69 Å². The molecule has 1 aromatic rings. The molecule has 0 bridgehead atoms. The standard InChI is InChI=1S/C8H5N3/c1-6-2-3-7(4-9)8(5-10)11-6/h2-3H,1H3. The van der Waals surface area contributed by atoms with E-state index in [2.05, 4.69) is 4.98 Å². The highest BCUT2D eigenvalue weighted by atomic mass is 14.7. The molecule has 0 N–H and O–H groups in total. The Labute approximate surface area is 64.5 Å². The largest absolute Gasteiger partial charge is 0.241 e. The van der Waals surface area contributed by atoms with Crippen LogP contribution >= 0.6 is 0 Å². The van der Waals surface area contributed by atoms with Crippen LogP contribution in [0.4, 0.5) is 0 Å². The van der Waals surface area contributed by atoms with Crippen LogP contribution in [0.3, 0.4) is 0 Å². The number of pyridine rings is 1. The van der Waals surface area contributed by atoms with Gasteiger partial charge in [0.1, 0.15) is 12.1 Å². The van der Waals surface area contributed by atoms with Gasteiger partial charge in [0.05, 0.1) is 5.56 Å². The zero-order valence-electron chi connectivity index (χ0n) is 6.00. The molecule has 0 aliphatic heterocycles. The van der Waals surface area contributed by atoms with Crippen molar-refractivity contribution < 1.29 is 0 Å². The van der Waals surface area contributed by atoms with Crippen LogP contribution in [0.25, 0.3) is 0 Å². The first-order chi connectivity index (χ1) is 5.27. The van der Waals surface area contributed by atoms with Gasteiger partial charge in [-0.2, -0.15) is 10.5 Å². The SMILES string of the molecule is Cc1ccc(C#N)c(C#N)n1. The van der Waals surface area contributed by atoms with Crippen LogP contribution in [0, 0.1) is 29.6 Å². The first kappa shape index (κ1) is 7.24. The molecule has 3 nitrogen and oxygen atoms in total. The molecule has 0 fully saturated rings. The Balaban J connectivity index is 3.34. The van der Waals surface area contributed by atoms with Gasteiger partial charge in [0.2, 0.25) is 0 Å². The van der Waals surface area contributed by atoms with E-state index in [0.29, 0.717) is 5.56 Å². The minimum absolute atomic E-state index is 0.201. The molecule has 0 spiro atoms. The first-order valence-corrected chi connectivity index (χ1v) is 3.06. The van der Waals surface area contributed by atoms with E-state index in [9.17, 15) is 0 Å². The second kappa shape index (κ2) is 2.81. The molecule has 0 aliphatic carbocycles. The van der Waals surface area contributed by atoms with E-state index in [1.165, 1.54) is 0 Å². The van der Waals surface area contributed by atoms with E-state index in [4.69, 9.17) is 10.5 Å². The summed E-state index contributed by atoms with van der Waals surface area (Å²) in [6, 6.07) is 7.05. The second-order valence-corrected chi connectivity index (χ2v) is 2.07. The van der Waals surface area contributed by atoms with Gasteiger partial charge in [-0.1, -0.05) is 0 Å². The average molecular weight is 143 g/mol. The molecule has 52 valence electrons. The maximum atomic E-state index is 8.51. The van der Waals surface area contributed by atoms with Gasteiger partial charge in [-0.15, -0.1) is 0 Å². The monoisotopic (exact) mass is 143 g/mol. The highest BCUT2D eigenvalue weighted by Crippen LogP contribution is 2.03. The molecular weight excluding hydrogens is 138 g/mol. The molecule has 1 rings (SSSR count). The smallest absolute Gasteiger partial charge is 0.158 e. The summed E-state index contributed by atoms with van der Waals surface area (Å²) in [7, 11) is 0. The molecule has 0 aliphatic rings. The summed E-state index contributed by atoms with van der Waals surface area (Å²) in [5.74, 6) is 0. The summed E-state index contributed by atoms with van der Waals surface area (Å²) in [5.41, 5.74) is 1.28. The van der Waals surface area contributed by atoms with Crippen molar-refractivity contribution in [3.63, 3.8) is 0 Å². The topological polar surface area (TPSA) is 60.5 Å². The van der Waals surface area contributed by atoms with Crippen molar-refractivity contribution in [2.75, 3.05) is 0 Å². The first-order valence-electron chi connectivity index (χ1n) is 3.06. The fraction of sp³-hybridized carbons (Fsp3) is 0.125. The Morgan fingerprint density at radius 2 is 2.00 bits per heavy atom. The van der Waals surface area contributed by atoms with Gasteiger partial charge >= 0.3 is 0 Å². The minimum atomic E-state index is 0.201. The fourth-order valence-electron chi connectivity index (χ4n) is 0.732. The van der Waals surface area contributed by atoms with E-state index in [1.807, 2.05) is 12.1 Å². The third-order valence-electron chi connectivity index (χ3n) is 1.26. The summed E-state index contributed by atoms with van der Waals surface area (Å²) in [5, 5.41) is 17.0. The van der Waals surface area contributed by atoms with Gasteiger partial charge < -0.3 is 0 Å². The molecule has 0 atom stereocenters. The quantitative estimate of drug-likeness (QED) is 0.547. The summed E-state index contributed by atoms with van der Waals surface area (Å²) in [4.78, 5) is 3.88. The molecule has 0 aromatic carbocycles. The Hall–Kier alpha value is -1.87. The highest BCUT2D eigenvalue weighted by Gasteiger charge is 2.00. The summed E-state index contributed by atoms with van der Waals surface area (Å²) in [6.07, 6.45) is 0. The van der Waals surface area contributed by atoms with E-state index >= 15 is 0 Å². The lowest BCUT2D eigenvalue weighted by Gasteiger charge is -1.93. The number of hydrogen-bond donors (Lipinski definition) is 0. The Morgan fingerprint density at radius 3 is 2.55 bits per heavy atom. The lowest BCUT2D eigenvalue weighted by Crippen LogP contribution is -1.90. The van der Waals surface area contributed by atoms with Crippen LogP contribution in [0.2, 0.25) is 0 Å². The molecule has 0 radical (unpaired) electrons. The van der Waals surface area contributed by atoms with Crippen molar-refractivity contribution >= 4 is 0 Å². The van der Waals surface area contributed by atoms with Crippen molar-refractivity contribution in [1.82, 2.24) is 4.98 Å². The average Bonchev–Trinajstić information content (AvgIpc) is 2.04. The molecule has 3 heteroatoms. The van der Waals surface area contributed by atoms with Crippen LogP contribution < -0.4 is 0 Å². The molecule has 0 amide bonds. The fourth-order valence-corrected chi connectivity index (χ4v) is 0.732. The van der Waals surface area contributed by atoms with Gasteiger partial charge in [-0.25, -0.2) is 4.98 Å². The van der Waals surface area contributed by atoms with E-state index in [1.54, 1.807) is 19.1 Å². The van der Waals surface area contributed by atoms with Gasteiger partial charge in [0, 0.05) is 5.69 Å². The van der Waals surface area contributed by atoms with Gasteiger partial charge in [-0.3, -0.25) is 0 Å². The number of nitrogens with zero attached hydrogens (tertiary/aromatic N) is 3. The molecule has 1 aromatic heterocycles. The molecular formula is C8H5N3. The number of aromatic nitrogens is 1. The summed E-state index contributed by atoms with van der Waals surface area (Å²) < 4.78 is 0. The van der Waals surface area contributed by atoms with Crippen LogP contribution in [-0.4, -0.2) is 4.98 Å². The van der Waals surface area contributed by atoms with Crippen LogP contribution in [0.15, 0.2) is 12.1 Å². The third-order valence-corrected chi connectivity index (χ3v) is 1.26. The van der Waals surface area contributed by atoms with Crippen LogP contribution in [0.1, 0.15) is 17.0 Å². The lowest BCUT2D eigenvalue weighted by atomic mass is 10.2. The van der Waals surface area contributed by atoms with Crippen LogP contribution in [0.5, 0.6) is 0 Å². The number of nitriles is 2. The highest BCUT2D eigenvalue weighted by molar-refractivity contribution is 5.40. The maximum Gasteiger partial charge on any atom is 0.158 e. The molecule has 1 heterocycles. The normalized spacial score (nSPS) is 8.27. The third kappa shape index (κ3) is 1.33. The van der Waals surface area contributed by atoms with Crippen molar-refractivity contribution in [3.8, 4) is 12.1 Å². The lowest BCUT2D eigenvalue weighted by molar-refractivity contribution is 1.15. The predicted octanol–water partition coefficient (Wildman–Crippen LogP) is 1.13. The molecule has 0 unspecified atom stereocenters. The van der Waals surface area contributed by atoms with E-state index in [-0.39, 0.29) is 5.69 Å². The van der Waals surface area contributed by atoms with Crippen molar-refractivity contribution in [2.45, 2.75) is 6.92 Å². The Kier molecular flexibility index (Phi) is 1.85. The Bertz CT molecular complexity index is 355. The summed E-state index contributed by atoms with van der Waals surface area (Å²) in [6.45, 7) is 1.78.